The van der Waals surface area contributed by atoms with Gasteiger partial charge in [-0.05, 0) is 77.9 Å². The Morgan fingerprint density at radius 3 is 1.49 bits per heavy atom. The Bertz CT molecular complexity index is 3030. The number of para-hydroxylation sites is 4. The molecule has 3 aromatic heterocycles. The van der Waals surface area contributed by atoms with Gasteiger partial charge in [-0.2, -0.15) is 10.5 Å². The van der Waals surface area contributed by atoms with Gasteiger partial charge in [0, 0.05) is 43.7 Å². The van der Waals surface area contributed by atoms with E-state index in [1.807, 2.05) is 60.7 Å². The smallest absolute Gasteiger partial charge is 0.160 e. The largest absolute Gasteiger partial charge is 0.454 e. The maximum absolute atomic E-state index is 10.3. The zero-order valence-electron chi connectivity index (χ0n) is 26.1. The van der Waals surface area contributed by atoms with Gasteiger partial charge >= 0.3 is 0 Å². The van der Waals surface area contributed by atoms with Crippen LogP contribution >= 0.6 is 0 Å². The van der Waals surface area contributed by atoms with Crippen molar-refractivity contribution in [1.82, 2.24) is 9.13 Å². The van der Waals surface area contributed by atoms with Gasteiger partial charge in [-0.3, -0.25) is 0 Å². The first-order valence-electron chi connectivity index (χ1n) is 16.1. The summed E-state index contributed by atoms with van der Waals surface area (Å²) in [5, 5.41) is 27.2. The highest BCUT2D eigenvalue weighted by Crippen LogP contribution is 2.41. The molecule has 0 atom stereocenters. The number of furan rings is 1. The zero-order chi connectivity index (χ0) is 32.6. The van der Waals surface area contributed by atoms with E-state index < -0.39 is 0 Å². The quantitative estimate of drug-likeness (QED) is 0.196. The van der Waals surface area contributed by atoms with E-state index in [2.05, 4.69) is 106 Å². The molecule has 7 aromatic carbocycles. The molecular formula is C44H24N4O. The third-order valence-electron chi connectivity index (χ3n) is 9.70. The average Bonchev–Trinajstić information content (AvgIpc) is 3.82. The molecule has 3 heterocycles. The molecule has 0 radical (unpaired) electrons. The highest BCUT2D eigenvalue weighted by molar-refractivity contribution is 6.21. The fraction of sp³-hybridized carbons (Fsp3) is 0. The number of benzene rings is 7. The topological polar surface area (TPSA) is 70.6 Å². The van der Waals surface area contributed by atoms with Gasteiger partial charge in [0.1, 0.15) is 5.58 Å². The second kappa shape index (κ2) is 10.2. The van der Waals surface area contributed by atoms with E-state index in [-0.39, 0.29) is 0 Å². The monoisotopic (exact) mass is 624 g/mol. The number of hydrogen-bond donors (Lipinski definition) is 0. The molecule has 5 nitrogen and oxygen atoms in total. The van der Waals surface area contributed by atoms with Crippen LogP contribution in [0.2, 0.25) is 0 Å². The lowest BCUT2D eigenvalue weighted by Crippen LogP contribution is -1.98. The molecule has 0 aliphatic carbocycles. The summed E-state index contributed by atoms with van der Waals surface area (Å²) in [7, 11) is 0. The lowest BCUT2D eigenvalue weighted by Gasteiger charge is -2.14. The Hall–Kier alpha value is -7.08. The second-order valence-electron chi connectivity index (χ2n) is 12.4. The van der Waals surface area contributed by atoms with Crippen molar-refractivity contribution in [3.05, 3.63) is 157 Å². The molecule has 0 N–H and O–H groups in total. The highest BCUT2D eigenvalue weighted by Gasteiger charge is 2.20. The molecule has 0 fully saturated rings. The summed E-state index contributed by atoms with van der Waals surface area (Å²) in [5.74, 6) is 0. The van der Waals surface area contributed by atoms with Crippen molar-refractivity contribution in [2.75, 3.05) is 0 Å². The van der Waals surface area contributed by atoms with Crippen LogP contribution in [0.3, 0.4) is 0 Å². The number of nitrogens with zero attached hydrogens (tertiary/aromatic N) is 4. The van der Waals surface area contributed by atoms with E-state index in [1.54, 1.807) is 0 Å². The van der Waals surface area contributed by atoms with Crippen molar-refractivity contribution in [1.29, 1.82) is 10.5 Å². The van der Waals surface area contributed by atoms with Crippen LogP contribution in [-0.2, 0) is 0 Å². The Morgan fingerprint density at radius 1 is 0.429 bits per heavy atom. The third-order valence-corrected chi connectivity index (χ3v) is 9.70. The second-order valence-corrected chi connectivity index (χ2v) is 12.4. The minimum Gasteiger partial charge on any atom is -0.454 e. The molecule has 10 rings (SSSR count). The average molecular weight is 625 g/mol. The zero-order valence-corrected chi connectivity index (χ0v) is 26.1. The first kappa shape index (κ1) is 27.1. The van der Waals surface area contributed by atoms with Gasteiger partial charge in [0.25, 0.3) is 0 Å². The van der Waals surface area contributed by atoms with Crippen molar-refractivity contribution in [3.8, 4) is 34.6 Å². The fourth-order valence-corrected chi connectivity index (χ4v) is 7.64. The molecule has 49 heavy (non-hydrogen) atoms. The lowest BCUT2D eigenvalue weighted by atomic mass is 9.99. The summed E-state index contributed by atoms with van der Waals surface area (Å²) in [6, 6.07) is 54.1. The van der Waals surface area contributed by atoms with E-state index in [9.17, 15) is 10.5 Å². The summed E-state index contributed by atoms with van der Waals surface area (Å²) in [4.78, 5) is 0. The van der Waals surface area contributed by atoms with Gasteiger partial charge < -0.3 is 13.6 Å². The van der Waals surface area contributed by atoms with Crippen molar-refractivity contribution in [3.63, 3.8) is 0 Å². The molecule has 226 valence electrons. The number of aromatic nitrogens is 2. The number of fused-ring (bicyclic) bond motifs is 10. The molecule has 0 aliphatic rings. The molecule has 0 amide bonds. The summed E-state index contributed by atoms with van der Waals surface area (Å²) in [6.45, 7) is 0. The maximum Gasteiger partial charge on any atom is 0.160 e. The van der Waals surface area contributed by atoms with Crippen LogP contribution in [0, 0.1) is 22.7 Å². The molecule has 10 aromatic rings. The van der Waals surface area contributed by atoms with Crippen molar-refractivity contribution in [2.45, 2.75) is 0 Å². The van der Waals surface area contributed by atoms with Gasteiger partial charge in [0.2, 0.25) is 0 Å². The van der Waals surface area contributed by atoms with Gasteiger partial charge in [-0.25, -0.2) is 0 Å². The van der Waals surface area contributed by atoms with E-state index in [1.165, 1.54) is 0 Å². The van der Waals surface area contributed by atoms with E-state index in [0.717, 1.165) is 88.1 Å². The van der Waals surface area contributed by atoms with Crippen LogP contribution in [0.1, 0.15) is 11.1 Å². The van der Waals surface area contributed by atoms with Crippen LogP contribution in [0.4, 0.5) is 0 Å². The van der Waals surface area contributed by atoms with Crippen LogP contribution in [0.5, 0.6) is 0 Å². The fourth-order valence-electron chi connectivity index (χ4n) is 7.64. The summed E-state index contributed by atoms with van der Waals surface area (Å²) < 4.78 is 11.0. The van der Waals surface area contributed by atoms with Gasteiger partial charge in [0.05, 0.1) is 45.3 Å². The normalized spacial score (nSPS) is 11.6. The maximum atomic E-state index is 10.3. The Morgan fingerprint density at radius 2 is 0.898 bits per heavy atom. The molecule has 0 unspecified atom stereocenters. The van der Waals surface area contributed by atoms with Crippen molar-refractivity contribution in [2.24, 2.45) is 0 Å². The first-order valence-corrected chi connectivity index (χ1v) is 16.1. The van der Waals surface area contributed by atoms with Gasteiger partial charge in [-0.1, -0.05) is 78.9 Å². The summed E-state index contributed by atoms with van der Waals surface area (Å²) in [6.07, 6.45) is 0. The Labute approximate surface area is 280 Å². The first-order chi connectivity index (χ1) is 24.2. The SMILES string of the molecule is N#Cc1cc(-c2cc(C#N)cc(-n3c4ccccc4c4ccc5c6ccccc6oc5c43)c2)cc(-n2c3ccccc3c3ccccc32)c1. The molecule has 0 aliphatic heterocycles. The highest BCUT2D eigenvalue weighted by atomic mass is 16.3. The predicted molar refractivity (Wildman–Crippen MR) is 197 cm³/mol. The summed E-state index contributed by atoms with van der Waals surface area (Å²) >= 11 is 0. The molecule has 0 bridgehead atoms. The van der Waals surface area contributed by atoms with Crippen molar-refractivity contribution >= 4 is 65.6 Å². The molecule has 0 saturated carbocycles. The van der Waals surface area contributed by atoms with Crippen molar-refractivity contribution < 1.29 is 4.42 Å². The van der Waals surface area contributed by atoms with E-state index in [4.69, 9.17) is 4.42 Å². The standard InChI is InChI=1S/C44H24N4O/c45-25-27-19-29(23-31(21-27)47-39-13-5-1-9-33(39)34-10-2-6-14-40(34)47)30-20-28(26-46)22-32(24-30)48-41-15-7-3-11-35(41)37-17-18-38-36-12-4-8-16-42(36)49-44(38)43(37)48/h1-24H. The number of hydrogen-bond acceptors (Lipinski definition) is 3. The minimum absolute atomic E-state index is 0.524. The Balaban J connectivity index is 1.26. The number of nitriles is 2. The van der Waals surface area contributed by atoms with Crippen LogP contribution < -0.4 is 0 Å². The predicted octanol–water partition coefficient (Wildman–Crippen LogP) is 11.2. The Kier molecular flexibility index (Phi) is 5.64. The molecule has 0 spiro atoms. The molecule has 5 heteroatoms. The van der Waals surface area contributed by atoms with E-state index >= 15 is 0 Å². The molecular weight excluding hydrogens is 601 g/mol. The molecule has 0 saturated heterocycles. The van der Waals surface area contributed by atoms with Crippen LogP contribution in [0.15, 0.2) is 150 Å². The van der Waals surface area contributed by atoms with Crippen LogP contribution in [-0.4, -0.2) is 9.13 Å². The van der Waals surface area contributed by atoms with E-state index in [0.29, 0.717) is 11.1 Å². The van der Waals surface area contributed by atoms with Gasteiger partial charge in [0.15, 0.2) is 5.58 Å². The lowest BCUT2D eigenvalue weighted by molar-refractivity contribution is 0.671. The third kappa shape index (κ3) is 3.91. The summed E-state index contributed by atoms with van der Waals surface area (Å²) in [5.41, 5.74) is 10.2. The number of rotatable bonds is 3. The minimum atomic E-state index is 0.524. The van der Waals surface area contributed by atoms with Crippen LogP contribution in [0.25, 0.3) is 88.1 Å². The van der Waals surface area contributed by atoms with Gasteiger partial charge in [-0.15, -0.1) is 0 Å².